The van der Waals surface area contributed by atoms with Crippen molar-refractivity contribution in [3.05, 3.63) is 82.0 Å². The third kappa shape index (κ3) is 3.50. The van der Waals surface area contributed by atoms with Crippen LogP contribution in [0.25, 0.3) is 10.9 Å². The molecule has 6 heteroatoms. The number of aryl methyl sites for hydroxylation is 1. The fourth-order valence-electron chi connectivity index (χ4n) is 3.59. The fraction of sp³-hybridized carbons (Fsp3) is 0.318. The third-order valence-electron chi connectivity index (χ3n) is 4.74. The molecular weight excluding hydrogens is 356 g/mol. The van der Waals surface area contributed by atoms with Gasteiger partial charge in [0, 0.05) is 34.6 Å². The molecule has 28 heavy (non-hydrogen) atoms. The highest BCUT2D eigenvalue weighted by atomic mass is 16.6. The van der Waals surface area contributed by atoms with E-state index < -0.39 is 28.5 Å². The van der Waals surface area contributed by atoms with Gasteiger partial charge in [0.25, 0.3) is 0 Å². The second-order valence-corrected chi connectivity index (χ2v) is 7.93. The van der Waals surface area contributed by atoms with E-state index in [9.17, 15) is 14.9 Å². The molecule has 1 heterocycles. The number of hydrogen-bond donors (Lipinski definition) is 0. The lowest BCUT2D eigenvalue weighted by Gasteiger charge is -2.32. The number of ether oxygens (including phenoxy) is 1. The maximum absolute atomic E-state index is 13.5. The molecule has 0 saturated heterocycles. The summed E-state index contributed by atoms with van der Waals surface area (Å²) in [7, 11) is 1.86. The molecule has 0 aliphatic carbocycles. The lowest BCUT2D eigenvalue weighted by Crippen LogP contribution is -2.47. The number of nitrogens with zero attached hydrogens (tertiary/aromatic N) is 2. The molecule has 3 rings (SSSR count). The predicted octanol–water partition coefficient (Wildman–Crippen LogP) is 4.08. The molecule has 146 valence electrons. The first-order valence-electron chi connectivity index (χ1n) is 9.10. The van der Waals surface area contributed by atoms with Crippen molar-refractivity contribution in [3.8, 4) is 0 Å². The van der Waals surface area contributed by atoms with Crippen molar-refractivity contribution in [2.75, 3.05) is 6.54 Å². The smallest absolute Gasteiger partial charge is 0.328 e. The Hall–Kier alpha value is -3.15. The van der Waals surface area contributed by atoms with Gasteiger partial charge in [-0.05, 0) is 32.4 Å². The molecule has 0 aliphatic rings. The number of para-hydroxylation sites is 1. The Kier molecular flexibility index (Phi) is 4.98. The van der Waals surface area contributed by atoms with Crippen LogP contribution in [0.1, 0.15) is 31.9 Å². The van der Waals surface area contributed by atoms with Crippen molar-refractivity contribution in [2.45, 2.75) is 31.8 Å². The minimum Gasteiger partial charge on any atom is -0.459 e. The van der Waals surface area contributed by atoms with Crippen LogP contribution in [0.2, 0.25) is 0 Å². The summed E-state index contributed by atoms with van der Waals surface area (Å²) >= 11 is 0. The molecule has 0 radical (unpaired) electrons. The monoisotopic (exact) mass is 380 g/mol. The van der Waals surface area contributed by atoms with Crippen LogP contribution in [0.15, 0.2) is 60.8 Å². The van der Waals surface area contributed by atoms with E-state index in [2.05, 4.69) is 0 Å². The zero-order valence-corrected chi connectivity index (χ0v) is 16.5. The molecule has 0 unspecified atom stereocenters. The fourth-order valence-corrected chi connectivity index (χ4v) is 3.59. The van der Waals surface area contributed by atoms with Crippen LogP contribution >= 0.6 is 0 Å². The molecule has 6 nitrogen and oxygen atoms in total. The Labute approximate surface area is 163 Å². The zero-order chi connectivity index (χ0) is 20.5. The van der Waals surface area contributed by atoms with E-state index >= 15 is 0 Å². The van der Waals surface area contributed by atoms with Gasteiger partial charge in [0.2, 0.25) is 6.54 Å². The van der Waals surface area contributed by atoms with Gasteiger partial charge in [-0.15, -0.1) is 0 Å². The summed E-state index contributed by atoms with van der Waals surface area (Å²) in [6, 6.07) is 16.4. The topological polar surface area (TPSA) is 74.4 Å². The molecule has 1 atom stereocenters. The molecule has 0 saturated carbocycles. The third-order valence-corrected chi connectivity index (χ3v) is 4.74. The number of nitro groups is 1. The summed E-state index contributed by atoms with van der Waals surface area (Å²) in [5.41, 5.74) is -0.332. The standard InChI is InChI=1S/C22H24N2O4/c1-21(2,3)28-20(25)22(15-24(26)27,16-10-6-5-7-11-16)18-14-23(4)19-13-9-8-12-17(18)19/h5-14H,15H2,1-4H3/t22-/m0/s1. The van der Waals surface area contributed by atoms with Crippen molar-refractivity contribution in [1.82, 2.24) is 4.57 Å². The molecule has 1 aromatic heterocycles. The molecule has 3 aromatic rings. The van der Waals surface area contributed by atoms with Crippen molar-refractivity contribution in [2.24, 2.45) is 7.05 Å². The minimum atomic E-state index is -1.56. The Morgan fingerprint density at radius 3 is 2.29 bits per heavy atom. The lowest BCUT2D eigenvalue weighted by molar-refractivity contribution is -0.486. The number of fused-ring (bicyclic) bond motifs is 1. The normalized spacial score (nSPS) is 13.9. The van der Waals surface area contributed by atoms with Crippen LogP contribution in [0.3, 0.4) is 0 Å². The van der Waals surface area contributed by atoms with Crippen molar-refractivity contribution >= 4 is 16.9 Å². The first kappa shape index (κ1) is 19.6. The molecule has 0 aliphatic heterocycles. The van der Waals surface area contributed by atoms with E-state index in [-0.39, 0.29) is 0 Å². The van der Waals surface area contributed by atoms with Crippen LogP contribution in [0.5, 0.6) is 0 Å². The van der Waals surface area contributed by atoms with E-state index in [1.54, 1.807) is 51.2 Å². The van der Waals surface area contributed by atoms with Crippen LogP contribution in [-0.4, -0.2) is 27.6 Å². The van der Waals surface area contributed by atoms with Gasteiger partial charge in [-0.1, -0.05) is 48.5 Å². The Bertz CT molecular complexity index is 1020. The van der Waals surface area contributed by atoms with Crippen LogP contribution in [0.4, 0.5) is 0 Å². The number of carbonyl (C=O) groups excluding carboxylic acids is 1. The number of hydrogen-bond acceptors (Lipinski definition) is 4. The quantitative estimate of drug-likeness (QED) is 0.380. The molecule has 0 bridgehead atoms. The summed E-state index contributed by atoms with van der Waals surface area (Å²) in [6.07, 6.45) is 1.80. The Morgan fingerprint density at radius 2 is 1.68 bits per heavy atom. The number of rotatable bonds is 5. The van der Waals surface area contributed by atoms with Crippen molar-refractivity contribution < 1.29 is 14.5 Å². The van der Waals surface area contributed by atoms with E-state index in [0.29, 0.717) is 11.1 Å². The first-order valence-corrected chi connectivity index (χ1v) is 9.10. The minimum absolute atomic E-state index is 0.446. The van der Waals surface area contributed by atoms with Crippen molar-refractivity contribution in [1.29, 1.82) is 0 Å². The van der Waals surface area contributed by atoms with E-state index in [0.717, 1.165) is 10.9 Å². The predicted molar refractivity (Wildman–Crippen MR) is 108 cm³/mol. The van der Waals surface area contributed by atoms with Gasteiger partial charge in [0.1, 0.15) is 5.60 Å². The van der Waals surface area contributed by atoms with Crippen LogP contribution in [0, 0.1) is 10.1 Å². The zero-order valence-electron chi connectivity index (χ0n) is 16.5. The van der Waals surface area contributed by atoms with Gasteiger partial charge in [0.05, 0.1) is 0 Å². The maximum atomic E-state index is 13.5. The highest BCUT2D eigenvalue weighted by Gasteiger charge is 2.51. The summed E-state index contributed by atoms with van der Waals surface area (Å²) in [4.78, 5) is 24.9. The molecule has 2 aromatic carbocycles. The summed E-state index contributed by atoms with van der Waals surface area (Å²) < 4.78 is 7.60. The Balaban J connectivity index is 2.37. The SMILES string of the molecule is Cn1cc([C@@](C[N+](=O)[O-])(C(=O)OC(C)(C)C)c2ccccc2)c2ccccc21. The second kappa shape index (κ2) is 7.11. The lowest BCUT2D eigenvalue weighted by atomic mass is 9.74. The molecule has 0 N–H and O–H groups in total. The number of carbonyl (C=O) groups is 1. The number of aromatic nitrogens is 1. The summed E-state index contributed by atoms with van der Waals surface area (Å²) in [5, 5.41) is 12.6. The van der Waals surface area contributed by atoms with E-state index in [1.807, 2.05) is 41.9 Å². The average Bonchev–Trinajstić information content (AvgIpc) is 2.96. The Morgan fingerprint density at radius 1 is 1.07 bits per heavy atom. The number of benzene rings is 2. The van der Waals surface area contributed by atoms with Crippen molar-refractivity contribution in [3.63, 3.8) is 0 Å². The number of esters is 1. The van der Waals surface area contributed by atoms with Gasteiger partial charge >= 0.3 is 5.97 Å². The van der Waals surface area contributed by atoms with Crippen LogP contribution < -0.4 is 0 Å². The van der Waals surface area contributed by atoms with Gasteiger partial charge in [-0.2, -0.15) is 0 Å². The van der Waals surface area contributed by atoms with Gasteiger partial charge in [-0.25, -0.2) is 0 Å². The van der Waals surface area contributed by atoms with E-state index in [1.165, 1.54) is 0 Å². The van der Waals surface area contributed by atoms with E-state index in [4.69, 9.17) is 4.74 Å². The second-order valence-electron chi connectivity index (χ2n) is 7.93. The van der Waals surface area contributed by atoms with Gasteiger partial charge in [0.15, 0.2) is 5.41 Å². The highest BCUT2D eigenvalue weighted by Crippen LogP contribution is 2.40. The maximum Gasteiger partial charge on any atom is 0.328 e. The molecule has 0 spiro atoms. The first-order chi connectivity index (χ1) is 13.1. The van der Waals surface area contributed by atoms with Gasteiger partial charge in [-0.3, -0.25) is 14.9 Å². The summed E-state index contributed by atoms with van der Waals surface area (Å²) in [6.45, 7) is 4.68. The molecular formula is C22H24N2O4. The molecule has 0 amide bonds. The highest BCUT2D eigenvalue weighted by molar-refractivity contribution is 5.96. The van der Waals surface area contributed by atoms with Crippen LogP contribution in [-0.2, 0) is 22.0 Å². The molecule has 0 fully saturated rings. The van der Waals surface area contributed by atoms with Gasteiger partial charge < -0.3 is 9.30 Å². The largest absolute Gasteiger partial charge is 0.459 e. The average molecular weight is 380 g/mol. The summed E-state index contributed by atoms with van der Waals surface area (Å²) in [5.74, 6) is -0.626.